The normalized spacial score (nSPS) is 26.9. The summed E-state index contributed by atoms with van der Waals surface area (Å²) in [6.45, 7) is 10.6. The maximum absolute atomic E-state index is 4.57. The van der Waals surface area contributed by atoms with E-state index in [4.69, 9.17) is 0 Å². The van der Waals surface area contributed by atoms with E-state index >= 15 is 0 Å². The number of aliphatic imine (C=N–C) groups is 1. The van der Waals surface area contributed by atoms with Crippen molar-refractivity contribution in [1.29, 1.82) is 0 Å². The average molecular weight is 205 g/mol. The zero-order valence-electron chi connectivity index (χ0n) is 9.82. The molecule has 3 heteroatoms. The lowest BCUT2D eigenvalue weighted by atomic mass is 10.2. The third-order valence-corrected chi connectivity index (χ3v) is 3.11. The molecule has 0 amide bonds. The van der Waals surface area contributed by atoms with Gasteiger partial charge in [0.25, 0.3) is 0 Å². The van der Waals surface area contributed by atoms with E-state index in [-0.39, 0.29) is 0 Å². The molecule has 2 aliphatic heterocycles. The number of rotatable bonds is 0. The summed E-state index contributed by atoms with van der Waals surface area (Å²) in [6.07, 6.45) is 3.38. The van der Waals surface area contributed by atoms with Crippen LogP contribution in [0, 0.1) is 5.92 Å². The summed E-state index contributed by atoms with van der Waals surface area (Å²) in [4.78, 5) is 8.91. The second-order valence-corrected chi connectivity index (χ2v) is 4.61. The van der Waals surface area contributed by atoms with Gasteiger partial charge in [0, 0.05) is 31.9 Å². The molecule has 2 rings (SSSR count). The molecular formula is C12H19N3. The van der Waals surface area contributed by atoms with Gasteiger partial charge < -0.3 is 9.80 Å². The van der Waals surface area contributed by atoms with Crippen LogP contribution < -0.4 is 0 Å². The Bertz CT molecular complexity index is 341. The van der Waals surface area contributed by atoms with Crippen LogP contribution in [-0.2, 0) is 0 Å². The van der Waals surface area contributed by atoms with Crippen LogP contribution >= 0.6 is 0 Å². The molecule has 0 radical (unpaired) electrons. The van der Waals surface area contributed by atoms with E-state index < -0.39 is 0 Å². The van der Waals surface area contributed by atoms with Gasteiger partial charge in [-0.3, -0.25) is 0 Å². The summed E-state index contributed by atoms with van der Waals surface area (Å²) in [7, 11) is 1.98. The summed E-state index contributed by atoms with van der Waals surface area (Å²) < 4.78 is 0. The van der Waals surface area contributed by atoms with Crippen LogP contribution in [0.3, 0.4) is 0 Å². The molecule has 15 heavy (non-hydrogen) atoms. The maximum atomic E-state index is 4.57. The second kappa shape index (κ2) is 3.72. The van der Waals surface area contributed by atoms with Crippen LogP contribution in [0.5, 0.6) is 0 Å². The number of likely N-dealkylation sites (tertiary alicyclic amines) is 1. The van der Waals surface area contributed by atoms with Crippen LogP contribution in [0.15, 0.2) is 29.2 Å². The maximum Gasteiger partial charge on any atom is 0.135 e. The van der Waals surface area contributed by atoms with Gasteiger partial charge >= 0.3 is 0 Å². The van der Waals surface area contributed by atoms with Gasteiger partial charge in [0.1, 0.15) is 11.7 Å². The van der Waals surface area contributed by atoms with E-state index in [1.165, 1.54) is 12.0 Å². The molecule has 0 spiro atoms. The lowest BCUT2D eigenvalue weighted by Gasteiger charge is -2.28. The third kappa shape index (κ3) is 1.91. The van der Waals surface area contributed by atoms with Gasteiger partial charge in [-0.25, -0.2) is 4.99 Å². The first-order valence-electron chi connectivity index (χ1n) is 5.52. The van der Waals surface area contributed by atoms with Crippen molar-refractivity contribution in [2.75, 3.05) is 20.1 Å². The summed E-state index contributed by atoms with van der Waals surface area (Å²) in [5.74, 6) is 2.73. The van der Waals surface area contributed by atoms with Crippen molar-refractivity contribution in [3.05, 3.63) is 24.2 Å². The van der Waals surface area contributed by atoms with Crippen molar-refractivity contribution in [2.45, 2.75) is 20.3 Å². The van der Waals surface area contributed by atoms with E-state index in [1.54, 1.807) is 0 Å². The molecule has 2 aliphatic rings. The monoisotopic (exact) mass is 205 g/mol. The molecule has 0 aromatic heterocycles. The fraction of sp³-hybridized carbons (Fsp3) is 0.583. The van der Waals surface area contributed by atoms with Crippen LogP contribution in [0.25, 0.3) is 0 Å². The molecule has 0 aromatic carbocycles. The molecule has 82 valence electrons. The van der Waals surface area contributed by atoms with Crippen molar-refractivity contribution in [1.82, 2.24) is 9.80 Å². The zero-order chi connectivity index (χ0) is 11.0. The van der Waals surface area contributed by atoms with Gasteiger partial charge in [0.2, 0.25) is 0 Å². The highest BCUT2D eigenvalue weighted by molar-refractivity contribution is 5.99. The fourth-order valence-electron chi connectivity index (χ4n) is 2.16. The minimum Gasteiger partial charge on any atom is -0.356 e. The van der Waals surface area contributed by atoms with Gasteiger partial charge in [-0.05, 0) is 19.3 Å². The molecule has 3 nitrogen and oxygen atoms in total. The van der Waals surface area contributed by atoms with Gasteiger partial charge in [0.05, 0.1) is 0 Å². The molecule has 0 N–H and O–H groups in total. The summed E-state index contributed by atoms with van der Waals surface area (Å²) in [5.41, 5.74) is 1.24. The van der Waals surface area contributed by atoms with Crippen LogP contribution in [-0.4, -0.2) is 35.8 Å². The molecule has 0 aromatic rings. The number of hydrogen-bond donors (Lipinski definition) is 0. The van der Waals surface area contributed by atoms with Crippen molar-refractivity contribution in [3.63, 3.8) is 0 Å². The molecule has 1 unspecified atom stereocenters. The molecular weight excluding hydrogens is 186 g/mol. The highest BCUT2D eigenvalue weighted by atomic mass is 15.3. The first-order valence-corrected chi connectivity index (χ1v) is 5.52. The van der Waals surface area contributed by atoms with Gasteiger partial charge in [-0.2, -0.15) is 0 Å². The minimum atomic E-state index is 0.786. The zero-order valence-corrected chi connectivity index (χ0v) is 9.82. The molecule has 1 atom stereocenters. The predicted molar refractivity (Wildman–Crippen MR) is 63.4 cm³/mol. The highest BCUT2D eigenvalue weighted by Gasteiger charge is 2.24. The van der Waals surface area contributed by atoms with Crippen molar-refractivity contribution < 1.29 is 0 Å². The quantitative estimate of drug-likeness (QED) is 0.602. The van der Waals surface area contributed by atoms with Gasteiger partial charge in [-0.1, -0.05) is 13.5 Å². The Morgan fingerprint density at radius 1 is 1.53 bits per heavy atom. The fourth-order valence-corrected chi connectivity index (χ4v) is 2.16. The third-order valence-electron chi connectivity index (χ3n) is 3.11. The predicted octanol–water partition coefficient (Wildman–Crippen LogP) is 2.05. The first-order chi connectivity index (χ1) is 7.08. The average Bonchev–Trinajstić information content (AvgIpc) is 2.58. The van der Waals surface area contributed by atoms with Crippen LogP contribution in [0.1, 0.15) is 20.3 Å². The Morgan fingerprint density at radius 2 is 2.27 bits per heavy atom. The van der Waals surface area contributed by atoms with Crippen LogP contribution in [0.4, 0.5) is 0 Å². The molecule has 0 saturated carbocycles. The topological polar surface area (TPSA) is 18.8 Å². The lowest BCUT2D eigenvalue weighted by Crippen LogP contribution is -2.33. The van der Waals surface area contributed by atoms with E-state index in [2.05, 4.69) is 36.5 Å². The van der Waals surface area contributed by atoms with E-state index in [9.17, 15) is 0 Å². The van der Waals surface area contributed by atoms with Crippen molar-refractivity contribution in [3.8, 4) is 0 Å². The molecule has 0 bridgehead atoms. The molecule has 2 heterocycles. The minimum absolute atomic E-state index is 0.786. The molecule has 1 fully saturated rings. The first kappa shape index (κ1) is 10.3. The highest BCUT2D eigenvalue weighted by Crippen LogP contribution is 2.22. The molecule has 0 aliphatic carbocycles. The SMILES string of the molecule is C=C1N=C(N2CCC(C)C2)C(C)=CN1C. The summed E-state index contributed by atoms with van der Waals surface area (Å²) in [6, 6.07) is 0. The Hall–Kier alpha value is -1.25. The van der Waals surface area contributed by atoms with E-state index in [0.717, 1.165) is 30.7 Å². The smallest absolute Gasteiger partial charge is 0.135 e. The molecule has 1 saturated heterocycles. The standard InChI is InChI=1S/C12H19N3/c1-9-5-6-15(7-9)12-10(2)8-14(4)11(3)13-12/h8-9H,3,5-7H2,1-2,4H3. The Balaban J connectivity index is 2.19. The summed E-state index contributed by atoms with van der Waals surface area (Å²) >= 11 is 0. The van der Waals surface area contributed by atoms with E-state index in [0.29, 0.717) is 0 Å². The second-order valence-electron chi connectivity index (χ2n) is 4.61. The van der Waals surface area contributed by atoms with Gasteiger partial charge in [-0.15, -0.1) is 0 Å². The van der Waals surface area contributed by atoms with Crippen LogP contribution in [0.2, 0.25) is 0 Å². The van der Waals surface area contributed by atoms with Crippen molar-refractivity contribution >= 4 is 5.84 Å². The number of amidine groups is 1. The Labute approximate surface area is 91.8 Å². The Kier molecular flexibility index (Phi) is 2.55. The summed E-state index contributed by atoms with van der Waals surface area (Å²) in [5, 5.41) is 0. The van der Waals surface area contributed by atoms with Crippen molar-refractivity contribution in [2.24, 2.45) is 10.9 Å². The van der Waals surface area contributed by atoms with Gasteiger partial charge in [0.15, 0.2) is 0 Å². The van der Waals surface area contributed by atoms with E-state index in [1.807, 2.05) is 11.9 Å². The lowest BCUT2D eigenvalue weighted by molar-refractivity contribution is 0.477. The Morgan fingerprint density at radius 3 is 2.87 bits per heavy atom. The number of hydrogen-bond acceptors (Lipinski definition) is 3. The largest absolute Gasteiger partial charge is 0.356 e. The number of nitrogens with zero attached hydrogens (tertiary/aromatic N) is 3.